The topological polar surface area (TPSA) is 53.4 Å². The van der Waals surface area contributed by atoms with Gasteiger partial charge in [-0.25, -0.2) is 9.97 Å². The maximum Gasteiger partial charge on any atom is 0.163 e. The first-order valence-electron chi connectivity index (χ1n) is 7.78. The Labute approximate surface area is 152 Å². The van der Waals surface area contributed by atoms with Gasteiger partial charge >= 0.3 is 0 Å². The summed E-state index contributed by atoms with van der Waals surface area (Å²) in [6.07, 6.45) is 1.73. The van der Waals surface area contributed by atoms with Crippen LogP contribution in [-0.2, 0) is 0 Å². The molecule has 126 valence electrons. The van der Waals surface area contributed by atoms with Crippen LogP contribution in [0.4, 0.5) is 11.5 Å². The summed E-state index contributed by atoms with van der Waals surface area (Å²) in [4.78, 5) is 10.7. The Morgan fingerprint density at radius 1 is 1.00 bits per heavy atom. The zero-order valence-electron chi connectivity index (χ0n) is 14.0. The van der Waals surface area contributed by atoms with E-state index in [4.69, 9.17) is 11.6 Å². The van der Waals surface area contributed by atoms with Gasteiger partial charge in [-0.05, 0) is 17.7 Å². The quantitative estimate of drug-likeness (QED) is 0.423. The smallest absolute Gasteiger partial charge is 0.163 e. The molecule has 0 aliphatic carbocycles. The van der Waals surface area contributed by atoms with Crippen molar-refractivity contribution in [3.05, 3.63) is 71.4 Å². The number of rotatable bonds is 5. The van der Waals surface area contributed by atoms with Crippen LogP contribution in [0.25, 0.3) is 11.4 Å². The number of nitrogens with zero attached hydrogens (tertiary/aromatic N) is 4. The van der Waals surface area contributed by atoms with E-state index in [1.807, 2.05) is 73.6 Å². The molecule has 1 N–H and O–H groups in total. The molecule has 3 aromatic rings. The Kier molecular flexibility index (Phi) is 5.26. The zero-order valence-corrected chi connectivity index (χ0v) is 14.8. The first-order valence-corrected chi connectivity index (χ1v) is 8.16. The summed E-state index contributed by atoms with van der Waals surface area (Å²) in [6, 6.07) is 19.4. The Balaban J connectivity index is 1.73. The average Bonchev–Trinajstić information content (AvgIpc) is 2.62. The largest absolute Gasteiger partial charge is 0.378 e. The van der Waals surface area contributed by atoms with Crippen LogP contribution >= 0.6 is 11.6 Å². The van der Waals surface area contributed by atoms with Crippen LogP contribution in [0.3, 0.4) is 0 Å². The third-order valence-electron chi connectivity index (χ3n) is 3.53. The molecule has 0 aliphatic heterocycles. The summed E-state index contributed by atoms with van der Waals surface area (Å²) in [7, 11) is 4.02. The van der Waals surface area contributed by atoms with Crippen LogP contribution in [0, 0.1) is 0 Å². The highest BCUT2D eigenvalue weighted by Crippen LogP contribution is 2.20. The summed E-state index contributed by atoms with van der Waals surface area (Å²) < 4.78 is 0. The molecule has 0 amide bonds. The van der Waals surface area contributed by atoms with Crippen molar-refractivity contribution < 1.29 is 0 Å². The molecular formula is C19H18ClN5. The highest BCUT2D eigenvalue weighted by Gasteiger charge is 2.05. The van der Waals surface area contributed by atoms with Gasteiger partial charge in [0.05, 0.1) is 6.21 Å². The second-order valence-electron chi connectivity index (χ2n) is 5.62. The predicted octanol–water partition coefficient (Wildman–Crippen LogP) is 4.31. The van der Waals surface area contributed by atoms with Crippen molar-refractivity contribution in [2.75, 3.05) is 24.4 Å². The third-order valence-corrected chi connectivity index (χ3v) is 3.72. The summed E-state index contributed by atoms with van der Waals surface area (Å²) in [5.74, 6) is 1.10. The number of benzene rings is 2. The Hall–Kier alpha value is -2.92. The molecular weight excluding hydrogens is 334 g/mol. The number of halogens is 1. The van der Waals surface area contributed by atoms with E-state index in [1.165, 1.54) is 0 Å². The van der Waals surface area contributed by atoms with Crippen LogP contribution < -0.4 is 10.3 Å². The third kappa shape index (κ3) is 4.55. The minimum absolute atomic E-state index is 0.363. The number of aromatic nitrogens is 2. The molecule has 6 heteroatoms. The fraction of sp³-hybridized carbons (Fsp3) is 0.105. The molecule has 25 heavy (non-hydrogen) atoms. The van der Waals surface area contributed by atoms with Crippen LogP contribution in [-0.4, -0.2) is 30.3 Å². The molecule has 2 aromatic carbocycles. The fourth-order valence-corrected chi connectivity index (χ4v) is 2.41. The second-order valence-corrected chi connectivity index (χ2v) is 6.01. The molecule has 0 atom stereocenters. The maximum atomic E-state index is 6.10. The monoisotopic (exact) mass is 351 g/mol. The van der Waals surface area contributed by atoms with Gasteiger partial charge in [0.25, 0.3) is 0 Å². The molecule has 3 rings (SSSR count). The lowest BCUT2D eigenvalue weighted by atomic mass is 10.2. The number of hydrogen-bond acceptors (Lipinski definition) is 5. The predicted molar refractivity (Wildman–Crippen MR) is 104 cm³/mol. The fourth-order valence-electron chi connectivity index (χ4n) is 2.22. The van der Waals surface area contributed by atoms with Crippen LogP contribution in [0.5, 0.6) is 0 Å². The molecule has 0 saturated carbocycles. The molecule has 0 bridgehead atoms. The molecule has 1 heterocycles. The number of hydrogen-bond donors (Lipinski definition) is 1. The van der Waals surface area contributed by atoms with Crippen LogP contribution in [0.15, 0.2) is 65.8 Å². The molecule has 0 radical (unpaired) electrons. The van der Waals surface area contributed by atoms with Gasteiger partial charge in [0.15, 0.2) is 11.6 Å². The lowest BCUT2D eigenvalue weighted by molar-refractivity contribution is 1.13. The van der Waals surface area contributed by atoms with Crippen LogP contribution in [0.1, 0.15) is 5.56 Å². The van der Waals surface area contributed by atoms with Crippen molar-refractivity contribution in [2.45, 2.75) is 0 Å². The van der Waals surface area contributed by atoms with Gasteiger partial charge < -0.3 is 4.90 Å². The molecule has 1 aromatic heterocycles. The van der Waals surface area contributed by atoms with E-state index in [0.717, 1.165) is 16.8 Å². The van der Waals surface area contributed by atoms with Crippen molar-refractivity contribution in [3.8, 4) is 11.4 Å². The maximum absolute atomic E-state index is 6.10. The summed E-state index contributed by atoms with van der Waals surface area (Å²) in [5, 5.41) is 4.59. The molecule has 0 aliphatic rings. The van der Waals surface area contributed by atoms with Gasteiger partial charge in [-0.1, -0.05) is 54.1 Å². The van der Waals surface area contributed by atoms with Crippen molar-refractivity contribution in [1.82, 2.24) is 9.97 Å². The van der Waals surface area contributed by atoms with Crippen molar-refractivity contribution in [3.63, 3.8) is 0 Å². The van der Waals surface area contributed by atoms with Gasteiger partial charge in [0.2, 0.25) is 0 Å². The molecule has 0 fully saturated rings. The standard InChI is InChI=1S/C19H18ClN5/c1-25(2)16-10-8-14(9-11-16)13-21-24-18-12-17(20)22-19(23-18)15-6-4-3-5-7-15/h3-13H,1-2H3,(H,22,23,24). The van der Waals surface area contributed by atoms with E-state index in [1.54, 1.807) is 12.3 Å². The lowest BCUT2D eigenvalue weighted by Crippen LogP contribution is -2.08. The van der Waals surface area contributed by atoms with E-state index in [2.05, 4.69) is 20.5 Å². The molecule has 0 saturated heterocycles. The van der Waals surface area contributed by atoms with E-state index in [9.17, 15) is 0 Å². The first kappa shape index (κ1) is 16.9. The number of hydrazone groups is 1. The summed E-state index contributed by atoms with van der Waals surface area (Å²) >= 11 is 6.10. The van der Waals surface area contributed by atoms with Gasteiger partial charge in [-0.3, -0.25) is 5.43 Å². The van der Waals surface area contributed by atoms with Crippen molar-refractivity contribution >= 4 is 29.3 Å². The van der Waals surface area contributed by atoms with Gasteiger partial charge in [-0.15, -0.1) is 0 Å². The Morgan fingerprint density at radius 2 is 1.72 bits per heavy atom. The van der Waals surface area contributed by atoms with Gasteiger partial charge in [0, 0.05) is 31.4 Å². The minimum Gasteiger partial charge on any atom is -0.378 e. The van der Waals surface area contributed by atoms with Crippen molar-refractivity contribution in [2.24, 2.45) is 5.10 Å². The van der Waals surface area contributed by atoms with E-state index >= 15 is 0 Å². The molecule has 0 spiro atoms. The Morgan fingerprint density at radius 3 is 2.40 bits per heavy atom. The van der Waals surface area contributed by atoms with E-state index in [0.29, 0.717) is 16.8 Å². The average molecular weight is 352 g/mol. The molecule has 0 unspecified atom stereocenters. The Bertz CT molecular complexity index is 861. The lowest BCUT2D eigenvalue weighted by Gasteiger charge is -2.11. The second kappa shape index (κ2) is 7.77. The SMILES string of the molecule is CN(C)c1ccc(C=NNc2cc(Cl)nc(-c3ccccc3)n2)cc1. The van der Waals surface area contributed by atoms with E-state index in [-0.39, 0.29) is 0 Å². The molecule has 5 nitrogen and oxygen atoms in total. The summed E-state index contributed by atoms with van der Waals surface area (Å²) in [5.41, 5.74) is 5.93. The van der Waals surface area contributed by atoms with Crippen LogP contribution in [0.2, 0.25) is 5.15 Å². The highest BCUT2D eigenvalue weighted by atomic mass is 35.5. The minimum atomic E-state index is 0.363. The number of anilines is 2. The van der Waals surface area contributed by atoms with Gasteiger partial charge in [-0.2, -0.15) is 5.10 Å². The summed E-state index contributed by atoms with van der Waals surface area (Å²) in [6.45, 7) is 0. The normalized spacial score (nSPS) is 10.8. The zero-order chi connectivity index (χ0) is 17.6. The highest BCUT2D eigenvalue weighted by molar-refractivity contribution is 6.29. The van der Waals surface area contributed by atoms with Gasteiger partial charge in [0.1, 0.15) is 5.15 Å². The van der Waals surface area contributed by atoms with E-state index < -0.39 is 0 Å². The van der Waals surface area contributed by atoms with Crippen molar-refractivity contribution in [1.29, 1.82) is 0 Å². The number of nitrogens with one attached hydrogen (secondary N) is 1. The first-order chi connectivity index (χ1) is 12.1.